The second-order valence-corrected chi connectivity index (χ2v) is 5.21. The summed E-state index contributed by atoms with van der Waals surface area (Å²) in [4.78, 5) is -0.823. The van der Waals surface area contributed by atoms with E-state index in [1.165, 1.54) is 44.9 Å². The molecule has 2 N–H and O–H groups in total. The van der Waals surface area contributed by atoms with Crippen LogP contribution < -0.4 is 12.4 Å². The Kier molecular flexibility index (Phi) is 13.9. The fraction of sp³-hybridized carbons (Fsp3) is 1.00. The molecule has 0 amide bonds. The molecule has 1 atom stereocenters. The van der Waals surface area contributed by atoms with Crippen molar-refractivity contribution in [1.29, 1.82) is 0 Å². The number of hydrogen-bond acceptors (Lipinski definition) is 2. The van der Waals surface area contributed by atoms with E-state index in [1.54, 1.807) is 6.92 Å². The van der Waals surface area contributed by atoms with Crippen LogP contribution in [-0.2, 0) is 0 Å². The van der Waals surface area contributed by atoms with Gasteiger partial charge in [0.05, 0.1) is 0 Å². The van der Waals surface area contributed by atoms with Gasteiger partial charge >= 0.3 is 0 Å². The first-order valence-corrected chi connectivity index (χ1v) is 7.37. The molecule has 1 unspecified atom stereocenters. The third-order valence-corrected chi connectivity index (χ3v) is 3.65. The molecular weight excluding hydrogens is 250 g/mol. The Labute approximate surface area is 119 Å². The lowest BCUT2D eigenvalue weighted by atomic mass is 10.1. The van der Waals surface area contributed by atoms with Crippen LogP contribution in [-0.4, -0.2) is 27.8 Å². The SMILES string of the molecule is CCCCCCCCCCC(C)[N+](O)(O)CC.[Cl-]. The zero-order valence-corrected chi connectivity index (χ0v) is 13.1. The van der Waals surface area contributed by atoms with E-state index in [2.05, 4.69) is 6.92 Å². The molecule has 0 aromatic carbocycles. The van der Waals surface area contributed by atoms with Gasteiger partial charge in [-0.1, -0.05) is 51.9 Å². The topological polar surface area (TPSA) is 40.5 Å². The van der Waals surface area contributed by atoms with Crippen molar-refractivity contribution in [2.45, 2.75) is 84.6 Å². The molecule has 4 heteroatoms. The third-order valence-electron chi connectivity index (χ3n) is 3.65. The second kappa shape index (κ2) is 12.2. The number of unbranched alkanes of at least 4 members (excludes halogenated alkanes) is 7. The van der Waals surface area contributed by atoms with Crippen molar-refractivity contribution in [1.82, 2.24) is 0 Å². The highest BCUT2D eigenvalue weighted by Gasteiger charge is 2.28. The number of hydroxylamine groups is 4. The molecule has 0 aliphatic heterocycles. The van der Waals surface area contributed by atoms with E-state index in [1.807, 2.05) is 6.92 Å². The van der Waals surface area contributed by atoms with Crippen LogP contribution in [0.25, 0.3) is 0 Å². The molecule has 0 spiro atoms. The summed E-state index contributed by atoms with van der Waals surface area (Å²) < 4.78 is 0. The van der Waals surface area contributed by atoms with E-state index in [0.717, 1.165) is 12.8 Å². The summed E-state index contributed by atoms with van der Waals surface area (Å²) in [5.41, 5.74) is 0. The molecule has 0 rings (SSSR count). The average Bonchev–Trinajstić information content (AvgIpc) is 2.32. The molecular formula is C14H32ClNO2. The summed E-state index contributed by atoms with van der Waals surface area (Å²) in [6.45, 7) is 6.30. The van der Waals surface area contributed by atoms with E-state index in [4.69, 9.17) is 0 Å². The van der Waals surface area contributed by atoms with Crippen molar-refractivity contribution in [2.24, 2.45) is 0 Å². The predicted octanol–water partition coefficient (Wildman–Crippen LogP) is 1.52. The maximum Gasteiger partial charge on any atom is 0.149 e. The molecule has 0 aromatic rings. The van der Waals surface area contributed by atoms with E-state index < -0.39 is 4.81 Å². The Morgan fingerprint density at radius 1 is 0.833 bits per heavy atom. The van der Waals surface area contributed by atoms with Crippen LogP contribution in [0, 0.1) is 0 Å². The van der Waals surface area contributed by atoms with Gasteiger partial charge < -0.3 is 12.4 Å². The van der Waals surface area contributed by atoms with Crippen molar-refractivity contribution >= 4 is 0 Å². The normalized spacial score (nSPS) is 13.2. The van der Waals surface area contributed by atoms with E-state index in [9.17, 15) is 10.4 Å². The van der Waals surface area contributed by atoms with Gasteiger partial charge in [0.15, 0.2) is 0 Å². The standard InChI is InChI=1S/C14H32NO2.ClH/c1-4-6-7-8-9-10-11-12-13-14(3)15(16,17)5-2;/h14,16-17H,4-13H2,1-3H3;1H/q+1;/p-1. The average molecular weight is 282 g/mol. The quantitative estimate of drug-likeness (QED) is 0.343. The van der Waals surface area contributed by atoms with Crippen LogP contribution in [0.4, 0.5) is 0 Å². The fourth-order valence-electron chi connectivity index (χ4n) is 2.09. The molecule has 3 nitrogen and oxygen atoms in total. The molecule has 0 aliphatic carbocycles. The number of hydrogen-bond donors (Lipinski definition) is 2. The molecule has 0 aliphatic rings. The summed E-state index contributed by atoms with van der Waals surface area (Å²) in [5, 5.41) is 19.2. The van der Waals surface area contributed by atoms with Crippen LogP contribution in [0.2, 0.25) is 0 Å². The maximum atomic E-state index is 9.58. The summed E-state index contributed by atoms with van der Waals surface area (Å²) in [6.07, 6.45) is 11.3. The zero-order chi connectivity index (χ0) is 13.1. The van der Waals surface area contributed by atoms with Gasteiger partial charge in [-0.05, 0) is 25.1 Å². The number of nitrogens with zero attached hydrogens (tertiary/aromatic N) is 1. The van der Waals surface area contributed by atoms with Crippen molar-refractivity contribution in [3.8, 4) is 0 Å². The Bertz CT molecular complexity index is 177. The van der Waals surface area contributed by atoms with E-state index in [-0.39, 0.29) is 18.4 Å². The Morgan fingerprint density at radius 2 is 1.28 bits per heavy atom. The monoisotopic (exact) mass is 281 g/mol. The first kappa shape index (κ1) is 20.5. The minimum atomic E-state index is -0.823. The molecule has 0 radical (unpaired) electrons. The van der Waals surface area contributed by atoms with Gasteiger partial charge in [-0.15, -0.1) is 0 Å². The van der Waals surface area contributed by atoms with Gasteiger partial charge in [-0.25, -0.2) is 0 Å². The van der Waals surface area contributed by atoms with Crippen molar-refractivity contribution in [3.05, 3.63) is 0 Å². The smallest absolute Gasteiger partial charge is 0.149 e. The lowest BCUT2D eigenvalue weighted by molar-refractivity contribution is -1.26. The Hall–Kier alpha value is 0.170. The van der Waals surface area contributed by atoms with Crippen LogP contribution in [0.15, 0.2) is 0 Å². The Balaban J connectivity index is 0. The number of quaternary nitrogens is 1. The van der Waals surface area contributed by atoms with Crippen LogP contribution in [0.5, 0.6) is 0 Å². The van der Waals surface area contributed by atoms with E-state index in [0.29, 0.717) is 6.54 Å². The lowest BCUT2D eigenvalue weighted by Crippen LogP contribution is -3.00. The molecule has 0 saturated carbocycles. The van der Waals surface area contributed by atoms with E-state index >= 15 is 0 Å². The highest BCUT2D eigenvalue weighted by Crippen LogP contribution is 2.15. The van der Waals surface area contributed by atoms with Gasteiger partial charge in [-0.3, -0.25) is 0 Å². The van der Waals surface area contributed by atoms with Crippen LogP contribution in [0.1, 0.15) is 78.6 Å². The second-order valence-electron chi connectivity index (χ2n) is 5.21. The van der Waals surface area contributed by atoms with Gasteiger partial charge in [0.2, 0.25) is 0 Å². The largest absolute Gasteiger partial charge is 1.00 e. The first-order chi connectivity index (χ1) is 8.04. The maximum absolute atomic E-state index is 9.58. The summed E-state index contributed by atoms with van der Waals surface area (Å²) in [6, 6.07) is -0.0694. The van der Waals surface area contributed by atoms with Crippen LogP contribution >= 0.6 is 0 Å². The highest BCUT2D eigenvalue weighted by molar-refractivity contribution is 4.51. The summed E-state index contributed by atoms with van der Waals surface area (Å²) in [7, 11) is 0. The van der Waals surface area contributed by atoms with Gasteiger partial charge in [0, 0.05) is 6.42 Å². The van der Waals surface area contributed by atoms with Gasteiger partial charge in [-0.2, -0.15) is 10.4 Å². The van der Waals surface area contributed by atoms with Gasteiger partial charge in [0.25, 0.3) is 0 Å². The summed E-state index contributed by atoms with van der Waals surface area (Å²) >= 11 is 0. The third kappa shape index (κ3) is 10.1. The molecule has 0 aromatic heterocycles. The zero-order valence-electron chi connectivity index (χ0n) is 12.4. The molecule has 0 saturated heterocycles. The molecule has 18 heavy (non-hydrogen) atoms. The Morgan fingerprint density at radius 3 is 1.72 bits per heavy atom. The van der Waals surface area contributed by atoms with Crippen molar-refractivity contribution < 1.29 is 27.6 Å². The number of halogens is 1. The fourth-order valence-corrected chi connectivity index (χ4v) is 2.09. The first-order valence-electron chi connectivity index (χ1n) is 7.37. The van der Waals surface area contributed by atoms with Crippen molar-refractivity contribution in [3.63, 3.8) is 0 Å². The minimum absolute atomic E-state index is 0. The highest BCUT2D eigenvalue weighted by atomic mass is 35.5. The summed E-state index contributed by atoms with van der Waals surface area (Å²) in [5.74, 6) is 0. The lowest BCUT2D eigenvalue weighted by Gasteiger charge is -2.26. The molecule has 0 bridgehead atoms. The van der Waals surface area contributed by atoms with Crippen molar-refractivity contribution in [2.75, 3.05) is 6.54 Å². The number of rotatable bonds is 11. The predicted molar refractivity (Wildman–Crippen MR) is 71.1 cm³/mol. The molecule has 0 heterocycles. The minimum Gasteiger partial charge on any atom is -1.00 e. The molecule has 112 valence electrons. The molecule has 0 fully saturated rings. The van der Waals surface area contributed by atoms with Crippen LogP contribution in [0.3, 0.4) is 0 Å². The van der Waals surface area contributed by atoms with Gasteiger partial charge in [0.1, 0.15) is 12.6 Å².